The second kappa shape index (κ2) is 6.55. The fourth-order valence-corrected chi connectivity index (χ4v) is 6.83. The fraction of sp³-hybridized carbons (Fsp3) is 0.368. The molecule has 0 amide bonds. The second-order valence-corrected chi connectivity index (χ2v) is 8.62. The van der Waals surface area contributed by atoms with Crippen molar-refractivity contribution in [3.63, 3.8) is 0 Å². The molecule has 1 aliphatic rings. The normalized spacial score (nSPS) is 24.2. The van der Waals surface area contributed by atoms with Crippen LogP contribution in [-0.2, 0) is 0 Å². The van der Waals surface area contributed by atoms with Crippen LogP contribution in [0.25, 0.3) is 0 Å². The van der Waals surface area contributed by atoms with Crippen molar-refractivity contribution in [3.8, 4) is 0 Å². The van der Waals surface area contributed by atoms with Gasteiger partial charge in [-0.3, -0.25) is 0 Å². The Morgan fingerprint density at radius 2 is 1.55 bits per heavy atom. The first-order chi connectivity index (χ1) is 9.86. The molecule has 0 aliphatic carbocycles. The zero-order valence-corrected chi connectivity index (χ0v) is 13.1. The van der Waals surface area contributed by atoms with Gasteiger partial charge in [-0.15, -0.1) is 0 Å². The lowest BCUT2D eigenvalue weighted by atomic mass is 10.1. The molecule has 0 nitrogen and oxygen atoms in total. The monoisotopic (exact) mass is 282 g/mol. The third kappa shape index (κ3) is 2.96. The first kappa shape index (κ1) is 13.8. The second-order valence-electron chi connectivity index (χ2n) is 5.75. The summed E-state index contributed by atoms with van der Waals surface area (Å²) >= 11 is 0. The highest BCUT2D eigenvalue weighted by atomic mass is 31.1. The maximum Gasteiger partial charge on any atom is 0.00471 e. The van der Waals surface area contributed by atoms with Gasteiger partial charge in [0.1, 0.15) is 0 Å². The molecule has 1 heterocycles. The van der Waals surface area contributed by atoms with Gasteiger partial charge in [0.25, 0.3) is 0 Å². The van der Waals surface area contributed by atoms with Crippen LogP contribution in [0.3, 0.4) is 0 Å². The molecule has 0 N–H and O–H groups in total. The first-order valence-electron chi connectivity index (χ1n) is 7.72. The number of rotatable bonds is 3. The number of benzene rings is 2. The van der Waals surface area contributed by atoms with Crippen LogP contribution in [0, 0.1) is 0 Å². The summed E-state index contributed by atoms with van der Waals surface area (Å²) in [6.45, 7) is 2.45. The summed E-state index contributed by atoms with van der Waals surface area (Å²) in [6.07, 6.45) is 5.64. The van der Waals surface area contributed by atoms with Crippen LogP contribution in [0.4, 0.5) is 0 Å². The molecular formula is C19H23P. The molecule has 0 bridgehead atoms. The molecule has 1 unspecified atom stereocenters. The smallest absolute Gasteiger partial charge is 0.00471 e. The molecule has 3 rings (SSSR count). The van der Waals surface area contributed by atoms with E-state index in [1.807, 2.05) is 0 Å². The Hall–Kier alpha value is -1.13. The quantitative estimate of drug-likeness (QED) is 0.592. The molecule has 1 aliphatic heterocycles. The third-order valence-corrected chi connectivity index (χ3v) is 7.99. The van der Waals surface area contributed by atoms with Gasteiger partial charge in [-0.2, -0.15) is 0 Å². The van der Waals surface area contributed by atoms with Gasteiger partial charge in [0.2, 0.25) is 0 Å². The minimum absolute atomic E-state index is 0.0511. The Morgan fingerprint density at radius 3 is 2.25 bits per heavy atom. The van der Waals surface area contributed by atoms with Gasteiger partial charge in [0.05, 0.1) is 0 Å². The van der Waals surface area contributed by atoms with E-state index >= 15 is 0 Å². The van der Waals surface area contributed by atoms with Crippen LogP contribution in [0.5, 0.6) is 0 Å². The van der Waals surface area contributed by atoms with Gasteiger partial charge in [0, 0.05) is 11.3 Å². The first-order valence-corrected chi connectivity index (χ1v) is 9.38. The van der Waals surface area contributed by atoms with E-state index in [2.05, 4.69) is 67.6 Å². The molecule has 2 aromatic carbocycles. The minimum atomic E-state index is 0.0511. The van der Waals surface area contributed by atoms with E-state index in [1.165, 1.54) is 31.0 Å². The lowest BCUT2D eigenvalue weighted by Crippen LogP contribution is -2.10. The summed E-state index contributed by atoms with van der Waals surface area (Å²) in [5.41, 5.74) is 4.62. The van der Waals surface area contributed by atoms with Crippen LogP contribution in [0.1, 0.15) is 48.6 Å². The highest BCUT2D eigenvalue weighted by Crippen LogP contribution is 2.65. The maximum atomic E-state index is 2.45. The van der Waals surface area contributed by atoms with Crippen LogP contribution >= 0.6 is 7.92 Å². The molecule has 0 saturated carbocycles. The zero-order valence-electron chi connectivity index (χ0n) is 12.2. The standard InChI is InChI=1S/C19H23P/c1-16(17-10-4-2-5-11-17)20-15-9-8-14-19(20)18-12-6-3-7-13-18/h2-7,10-13,16,19H,8-9,14-15H2,1H3/t16-,19+,20?/m1/s1. The van der Waals surface area contributed by atoms with Gasteiger partial charge >= 0.3 is 0 Å². The average Bonchev–Trinajstić information content (AvgIpc) is 2.56. The summed E-state index contributed by atoms with van der Waals surface area (Å²) < 4.78 is 0. The van der Waals surface area contributed by atoms with Gasteiger partial charge in [-0.25, -0.2) is 0 Å². The summed E-state index contributed by atoms with van der Waals surface area (Å²) in [4.78, 5) is 0. The molecular weight excluding hydrogens is 259 g/mol. The van der Waals surface area contributed by atoms with Gasteiger partial charge in [-0.05, 0) is 30.1 Å². The maximum absolute atomic E-state index is 2.45. The van der Waals surface area contributed by atoms with Crippen molar-refractivity contribution in [2.75, 3.05) is 6.16 Å². The van der Waals surface area contributed by atoms with E-state index in [1.54, 1.807) is 5.56 Å². The topological polar surface area (TPSA) is 0 Å². The van der Waals surface area contributed by atoms with Crippen molar-refractivity contribution in [2.45, 2.75) is 37.5 Å². The number of hydrogen-bond donors (Lipinski definition) is 0. The Balaban J connectivity index is 1.86. The van der Waals surface area contributed by atoms with Crippen molar-refractivity contribution < 1.29 is 0 Å². The van der Waals surface area contributed by atoms with Crippen molar-refractivity contribution >= 4 is 7.92 Å². The van der Waals surface area contributed by atoms with Crippen LogP contribution in [-0.4, -0.2) is 6.16 Å². The van der Waals surface area contributed by atoms with E-state index in [4.69, 9.17) is 0 Å². The Kier molecular flexibility index (Phi) is 4.53. The van der Waals surface area contributed by atoms with Gasteiger partial charge in [-0.1, -0.05) is 81.9 Å². The van der Waals surface area contributed by atoms with Crippen LogP contribution < -0.4 is 0 Å². The molecule has 0 spiro atoms. The zero-order chi connectivity index (χ0) is 13.8. The molecule has 1 fully saturated rings. The van der Waals surface area contributed by atoms with Crippen LogP contribution in [0.15, 0.2) is 60.7 Å². The van der Waals surface area contributed by atoms with E-state index < -0.39 is 0 Å². The fourth-order valence-electron chi connectivity index (χ4n) is 3.37. The van der Waals surface area contributed by atoms with Crippen molar-refractivity contribution in [1.82, 2.24) is 0 Å². The van der Waals surface area contributed by atoms with Gasteiger partial charge < -0.3 is 0 Å². The average molecular weight is 282 g/mol. The van der Waals surface area contributed by atoms with Crippen molar-refractivity contribution in [2.24, 2.45) is 0 Å². The van der Waals surface area contributed by atoms with E-state index in [0.29, 0.717) is 0 Å². The Morgan fingerprint density at radius 1 is 0.900 bits per heavy atom. The molecule has 20 heavy (non-hydrogen) atoms. The molecule has 0 aromatic heterocycles. The highest BCUT2D eigenvalue weighted by Gasteiger charge is 2.30. The minimum Gasteiger partial charge on any atom is -0.0916 e. The highest BCUT2D eigenvalue weighted by molar-refractivity contribution is 7.58. The molecule has 3 atom stereocenters. The molecule has 104 valence electrons. The van der Waals surface area contributed by atoms with Crippen molar-refractivity contribution in [1.29, 1.82) is 0 Å². The Labute approximate surface area is 124 Å². The lowest BCUT2D eigenvalue weighted by Gasteiger charge is -2.37. The summed E-state index contributed by atoms with van der Waals surface area (Å²) in [5, 5.41) is 0. The third-order valence-electron chi connectivity index (χ3n) is 4.51. The molecule has 0 radical (unpaired) electrons. The summed E-state index contributed by atoms with van der Waals surface area (Å²) in [6, 6.07) is 22.3. The van der Waals surface area contributed by atoms with Gasteiger partial charge in [0.15, 0.2) is 0 Å². The Bertz CT molecular complexity index is 520. The SMILES string of the molecule is C[C@H](c1ccccc1)P1CCCC[C@H]1c1ccccc1. The van der Waals surface area contributed by atoms with E-state index in [-0.39, 0.29) is 7.92 Å². The summed E-state index contributed by atoms with van der Waals surface area (Å²) in [7, 11) is 0.0511. The molecule has 2 aromatic rings. The largest absolute Gasteiger partial charge is 0.0916 e. The predicted octanol–water partition coefficient (Wildman–Crippen LogP) is 6.15. The molecule has 1 saturated heterocycles. The van der Waals surface area contributed by atoms with E-state index in [0.717, 1.165) is 11.3 Å². The number of hydrogen-bond acceptors (Lipinski definition) is 0. The van der Waals surface area contributed by atoms with Crippen LogP contribution in [0.2, 0.25) is 0 Å². The predicted molar refractivity (Wildman–Crippen MR) is 89.7 cm³/mol. The van der Waals surface area contributed by atoms with Crippen molar-refractivity contribution in [3.05, 3.63) is 71.8 Å². The lowest BCUT2D eigenvalue weighted by molar-refractivity contribution is 0.664. The summed E-state index contributed by atoms with van der Waals surface area (Å²) in [5.74, 6) is 0. The molecule has 1 heteroatoms. The van der Waals surface area contributed by atoms with E-state index in [9.17, 15) is 0 Å².